The molecule has 0 spiro atoms. The van der Waals surface area contributed by atoms with Crippen LogP contribution in [0.15, 0.2) is 36.5 Å². The minimum atomic E-state index is -0.907. The first kappa shape index (κ1) is 15.2. The van der Waals surface area contributed by atoms with Gasteiger partial charge in [0.1, 0.15) is 17.2 Å². The van der Waals surface area contributed by atoms with Crippen molar-refractivity contribution in [2.45, 2.75) is 12.5 Å². The lowest BCUT2D eigenvalue weighted by Crippen LogP contribution is -2.27. The number of benzene rings is 1. The van der Waals surface area contributed by atoms with Crippen LogP contribution < -0.4 is 5.32 Å². The number of carbonyl (C=O) groups excluding carboxylic acids is 1. The molecule has 2 N–H and O–H groups in total. The summed E-state index contributed by atoms with van der Waals surface area (Å²) in [5, 5.41) is 12.4. The van der Waals surface area contributed by atoms with Gasteiger partial charge in [-0.2, -0.15) is 0 Å². The van der Waals surface area contributed by atoms with Gasteiger partial charge in [0, 0.05) is 25.5 Å². The summed E-state index contributed by atoms with van der Waals surface area (Å²) in [6.45, 7) is 0.110. The van der Waals surface area contributed by atoms with Gasteiger partial charge >= 0.3 is 0 Å². The summed E-state index contributed by atoms with van der Waals surface area (Å²) >= 11 is 0. The number of aromatic nitrogens is 1. The summed E-state index contributed by atoms with van der Waals surface area (Å²) < 4.78 is 28.6. The predicted molar refractivity (Wildman–Crippen MR) is 73.7 cm³/mol. The zero-order chi connectivity index (χ0) is 15.4. The van der Waals surface area contributed by atoms with E-state index in [2.05, 4.69) is 5.32 Å². The third kappa shape index (κ3) is 3.46. The van der Waals surface area contributed by atoms with Crippen molar-refractivity contribution in [1.82, 2.24) is 9.88 Å². The summed E-state index contributed by atoms with van der Waals surface area (Å²) in [6.07, 6.45) is 1.29. The van der Waals surface area contributed by atoms with Crippen molar-refractivity contribution >= 4 is 5.91 Å². The van der Waals surface area contributed by atoms with Crippen LogP contribution >= 0.6 is 0 Å². The number of rotatable bonds is 5. The Kier molecular flexibility index (Phi) is 4.70. The summed E-state index contributed by atoms with van der Waals surface area (Å²) in [7, 11) is 1.80. The molecule has 1 aromatic carbocycles. The average Bonchev–Trinajstić information content (AvgIpc) is 2.84. The van der Waals surface area contributed by atoms with E-state index in [1.165, 1.54) is 6.07 Å². The molecular weight excluding hydrogens is 278 g/mol. The Bertz CT molecular complexity index is 620. The van der Waals surface area contributed by atoms with Gasteiger partial charge in [0.15, 0.2) is 0 Å². The van der Waals surface area contributed by atoms with E-state index in [1.807, 2.05) is 0 Å². The topological polar surface area (TPSA) is 54.3 Å². The van der Waals surface area contributed by atoms with Crippen LogP contribution in [0.4, 0.5) is 8.78 Å². The molecular formula is C15H16F2N2O2. The second-order valence-electron chi connectivity index (χ2n) is 4.70. The molecule has 1 amide bonds. The summed E-state index contributed by atoms with van der Waals surface area (Å²) in [5.74, 6) is -2.64. The molecule has 0 saturated carbocycles. The van der Waals surface area contributed by atoms with Crippen LogP contribution in [0.1, 0.15) is 28.6 Å². The van der Waals surface area contributed by atoms with Gasteiger partial charge in [-0.1, -0.05) is 6.07 Å². The van der Waals surface area contributed by atoms with Gasteiger partial charge in [-0.05, 0) is 30.7 Å². The number of hydrogen-bond donors (Lipinski definition) is 2. The Balaban J connectivity index is 1.92. The Hall–Kier alpha value is -2.21. The average molecular weight is 294 g/mol. The molecule has 2 rings (SSSR count). The van der Waals surface area contributed by atoms with E-state index >= 15 is 0 Å². The van der Waals surface area contributed by atoms with Crippen molar-refractivity contribution < 1.29 is 18.7 Å². The van der Waals surface area contributed by atoms with Gasteiger partial charge in [0.25, 0.3) is 5.91 Å². The second kappa shape index (κ2) is 6.49. The standard InChI is InChI=1S/C15H16F2N2O2/c1-19-9-3-6-12(19)13(20)7-8-18-15(21)14-10(16)4-2-5-11(14)17/h2-6,9,13,20H,7-8H2,1H3,(H,18,21). The first-order chi connectivity index (χ1) is 10.0. The number of aliphatic hydroxyl groups is 1. The third-order valence-electron chi connectivity index (χ3n) is 3.22. The molecule has 1 atom stereocenters. The zero-order valence-corrected chi connectivity index (χ0v) is 11.5. The molecule has 0 fully saturated rings. The molecule has 1 unspecified atom stereocenters. The van der Waals surface area contributed by atoms with Gasteiger partial charge in [-0.25, -0.2) is 8.78 Å². The second-order valence-corrected chi connectivity index (χ2v) is 4.70. The molecule has 0 aliphatic rings. The van der Waals surface area contributed by atoms with E-state index < -0.39 is 29.2 Å². The Labute approximate surface area is 121 Å². The fraction of sp³-hybridized carbons (Fsp3) is 0.267. The quantitative estimate of drug-likeness (QED) is 0.888. The molecule has 0 aliphatic carbocycles. The Morgan fingerprint density at radius 1 is 1.29 bits per heavy atom. The molecule has 0 radical (unpaired) electrons. The molecule has 0 saturated heterocycles. The van der Waals surface area contributed by atoms with Gasteiger partial charge in [0.05, 0.1) is 6.10 Å². The zero-order valence-electron chi connectivity index (χ0n) is 11.5. The van der Waals surface area contributed by atoms with Gasteiger partial charge in [-0.3, -0.25) is 4.79 Å². The maximum atomic E-state index is 13.4. The SMILES string of the molecule is Cn1cccc1C(O)CCNC(=O)c1c(F)cccc1F. The normalized spacial score (nSPS) is 12.2. The molecule has 21 heavy (non-hydrogen) atoms. The van der Waals surface area contributed by atoms with Crippen LogP contribution in [0.2, 0.25) is 0 Å². The molecule has 2 aromatic rings. The fourth-order valence-corrected chi connectivity index (χ4v) is 2.09. The van der Waals surface area contributed by atoms with Crippen LogP contribution in [0.5, 0.6) is 0 Å². The van der Waals surface area contributed by atoms with Crippen LogP contribution in [-0.4, -0.2) is 22.1 Å². The minimum Gasteiger partial charge on any atom is -0.387 e. The van der Waals surface area contributed by atoms with Crippen molar-refractivity contribution in [3.8, 4) is 0 Å². The van der Waals surface area contributed by atoms with Crippen LogP contribution in [0.3, 0.4) is 0 Å². The first-order valence-electron chi connectivity index (χ1n) is 6.52. The highest BCUT2D eigenvalue weighted by atomic mass is 19.1. The maximum Gasteiger partial charge on any atom is 0.257 e. The summed E-state index contributed by atoms with van der Waals surface area (Å²) in [4.78, 5) is 11.7. The van der Waals surface area contributed by atoms with Crippen molar-refractivity contribution in [3.05, 3.63) is 59.4 Å². The molecule has 6 heteroatoms. The van der Waals surface area contributed by atoms with E-state index in [0.29, 0.717) is 5.69 Å². The lowest BCUT2D eigenvalue weighted by molar-refractivity contribution is 0.0933. The molecule has 1 heterocycles. The number of aryl methyl sites for hydroxylation is 1. The number of halogens is 2. The number of nitrogens with one attached hydrogen (secondary N) is 1. The van der Waals surface area contributed by atoms with Gasteiger partial charge in [-0.15, -0.1) is 0 Å². The molecule has 112 valence electrons. The molecule has 4 nitrogen and oxygen atoms in total. The fourth-order valence-electron chi connectivity index (χ4n) is 2.09. The van der Waals surface area contributed by atoms with E-state index in [4.69, 9.17) is 0 Å². The highest BCUT2D eigenvalue weighted by Crippen LogP contribution is 2.16. The van der Waals surface area contributed by atoms with E-state index in [1.54, 1.807) is 29.9 Å². The number of hydrogen-bond acceptors (Lipinski definition) is 2. The third-order valence-corrected chi connectivity index (χ3v) is 3.22. The molecule has 1 aromatic heterocycles. The Morgan fingerprint density at radius 3 is 2.52 bits per heavy atom. The number of carbonyl (C=O) groups is 1. The predicted octanol–water partition coefficient (Wildman–Crippen LogP) is 2.16. The van der Waals surface area contributed by atoms with Gasteiger partial charge in [0.2, 0.25) is 0 Å². The largest absolute Gasteiger partial charge is 0.387 e. The maximum absolute atomic E-state index is 13.4. The van der Waals surface area contributed by atoms with Crippen LogP contribution in [0, 0.1) is 11.6 Å². The number of nitrogens with zero attached hydrogens (tertiary/aromatic N) is 1. The smallest absolute Gasteiger partial charge is 0.257 e. The summed E-state index contributed by atoms with van der Waals surface area (Å²) in [5.41, 5.74) is 0.104. The molecule has 0 bridgehead atoms. The van der Waals surface area contributed by atoms with Crippen LogP contribution in [0.25, 0.3) is 0 Å². The monoisotopic (exact) mass is 294 g/mol. The van der Waals surface area contributed by atoms with Gasteiger partial charge < -0.3 is 15.0 Å². The van der Waals surface area contributed by atoms with E-state index in [-0.39, 0.29) is 13.0 Å². The lowest BCUT2D eigenvalue weighted by Gasteiger charge is -2.13. The van der Waals surface area contributed by atoms with Crippen LogP contribution in [-0.2, 0) is 7.05 Å². The van der Waals surface area contributed by atoms with Crippen molar-refractivity contribution in [2.75, 3.05) is 6.54 Å². The van der Waals surface area contributed by atoms with Crippen molar-refractivity contribution in [3.63, 3.8) is 0 Å². The van der Waals surface area contributed by atoms with E-state index in [9.17, 15) is 18.7 Å². The number of amides is 1. The van der Waals surface area contributed by atoms with E-state index in [0.717, 1.165) is 12.1 Å². The highest BCUT2D eigenvalue weighted by molar-refractivity contribution is 5.94. The number of aliphatic hydroxyl groups excluding tert-OH is 1. The van der Waals surface area contributed by atoms with Crippen molar-refractivity contribution in [1.29, 1.82) is 0 Å². The molecule has 0 aliphatic heterocycles. The first-order valence-corrected chi connectivity index (χ1v) is 6.52. The minimum absolute atomic E-state index is 0.110. The lowest BCUT2D eigenvalue weighted by atomic mass is 10.1. The Morgan fingerprint density at radius 2 is 1.95 bits per heavy atom. The highest BCUT2D eigenvalue weighted by Gasteiger charge is 2.17. The van der Waals surface area contributed by atoms with Crippen molar-refractivity contribution in [2.24, 2.45) is 7.05 Å². The summed E-state index contributed by atoms with van der Waals surface area (Å²) in [6, 6.07) is 6.81.